The number of amides is 1. The van der Waals surface area contributed by atoms with E-state index in [2.05, 4.69) is 24.0 Å². The van der Waals surface area contributed by atoms with Gasteiger partial charge in [-0.2, -0.15) is 0 Å². The second-order valence-electron chi connectivity index (χ2n) is 6.04. The Bertz CT molecular complexity index is 843. The molecule has 3 nitrogen and oxygen atoms in total. The average Bonchev–Trinajstić information content (AvgIpc) is 3.04. The lowest BCUT2D eigenvalue weighted by Crippen LogP contribution is -2.37. The zero-order chi connectivity index (χ0) is 17.8. The zero-order valence-electron chi connectivity index (χ0n) is 14.5. The van der Waals surface area contributed by atoms with Crippen molar-refractivity contribution >= 4 is 17.2 Å². The van der Waals surface area contributed by atoms with Crippen LogP contribution in [0.15, 0.2) is 60.7 Å². The van der Waals surface area contributed by atoms with Gasteiger partial charge in [0.25, 0.3) is 5.91 Å². The Morgan fingerprint density at radius 2 is 1.72 bits per heavy atom. The molecule has 0 spiro atoms. The highest BCUT2D eigenvalue weighted by atomic mass is 32.1. The minimum absolute atomic E-state index is 0.0841. The maximum absolute atomic E-state index is 13.0. The summed E-state index contributed by atoms with van der Waals surface area (Å²) in [5, 5.41) is 0.888. The van der Waals surface area contributed by atoms with E-state index in [4.69, 9.17) is 0 Å². The van der Waals surface area contributed by atoms with E-state index >= 15 is 0 Å². The molecule has 1 aromatic heterocycles. The minimum atomic E-state index is -0.152. The van der Waals surface area contributed by atoms with Crippen molar-refractivity contribution in [3.05, 3.63) is 83.9 Å². The van der Waals surface area contributed by atoms with Gasteiger partial charge in [-0.3, -0.25) is 4.79 Å². The van der Waals surface area contributed by atoms with Gasteiger partial charge in [-0.1, -0.05) is 60.7 Å². The number of likely N-dealkylation sites (N-methyl/N-ethyl adjacent to an activating group) is 1. The van der Waals surface area contributed by atoms with E-state index in [9.17, 15) is 4.79 Å². The fourth-order valence-electron chi connectivity index (χ4n) is 2.71. The third-order valence-corrected chi connectivity index (χ3v) is 5.17. The Hall–Kier alpha value is -2.46. The predicted octanol–water partition coefficient (Wildman–Crippen LogP) is 4.64. The molecule has 0 aliphatic heterocycles. The van der Waals surface area contributed by atoms with Crippen molar-refractivity contribution in [1.82, 2.24) is 9.88 Å². The van der Waals surface area contributed by atoms with Crippen LogP contribution in [0, 0.1) is 13.8 Å². The number of hydrogen-bond acceptors (Lipinski definition) is 3. The van der Waals surface area contributed by atoms with Gasteiger partial charge >= 0.3 is 0 Å². The number of rotatable bonds is 5. The molecule has 1 heterocycles. The fraction of sp³-hybridized carbons (Fsp3) is 0.190. The molecule has 2 aromatic carbocycles. The second kappa shape index (κ2) is 7.62. The van der Waals surface area contributed by atoms with Crippen LogP contribution in [0.2, 0.25) is 0 Å². The first-order valence-corrected chi connectivity index (χ1v) is 9.05. The van der Waals surface area contributed by atoms with Crippen molar-refractivity contribution in [2.45, 2.75) is 19.4 Å². The van der Waals surface area contributed by atoms with Crippen LogP contribution in [0.5, 0.6) is 0 Å². The van der Waals surface area contributed by atoms with Crippen LogP contribution < -0.4 is 0 Å². The number of hydrogen-bond donors (Lipinski definition) is 0. The molecule has 25 heavy (non-hydrogen) atoms. The van der Waals surface area contributed by atoms with Crippen molar-refractivity contribution in [2.75, 3.05) is 7.05 Å². The smallest absolute Gasteiger partial charge is 0.273 e. The van der Waals surface area contributed by atoms with E-state index in [1.165, 1.54) is 5.56 Å². The minimum Gasteiger partial charge on any atom is -0.337 e. The van der Waals surface area contributed by atoms with Crippen molar-refractivity contribution in [1.29, 1.82) is 0 Å². The van der Waals surface area contributed by atoms with Crippen LogP contribution >= 0.6 is 11.3 Å². The molecule has 4 heteroatoms. The third-order valence-electron chi connectivity index (χ3n) is 4.15. The molecule has 0 saturated carbocycles. The van der Waals surface area contributed by atoms with E-state index < -0.39 is 0 Å². The van der Waals surface area contributed by atoms with Crippen LogP contribution in [-0.4, -0.2) is 28.9 Å². The van der Waals surface area contributed by atoms with Gasteiger partial charge in [0.15, 0.2) is 0 Å². The number of carbonyl (C=O) groups excluding carboxylic acids is 1. The maximum Gasteiger partial charge on any atom is 0.273 e. The second-order valence-corrected chi connectivity index (χ2v) is 7.24. The van der Waals surface area contributed by atoms with Crippen molar-refractivity contribution in [2.24, 2.45) is 0 Å². The summed E-state index contributed by atoms with van der Waals surface area (Å²) < 4.78 is 0. The van der Waals surface area contributed by atoms with Crippen LogP contribution in [-0.2, 0) is 6.42 Å². The molecule has 0 aliphatic rings. The number of aryl methyl sites for hydroxylation is 1. The van der Waals surface area contributed by atoms with Gasteiger partial charge in [0.1, 0.15) is 5.69 Å². The van der Waals surface area contributed by atoms with E-state index in [1.54, 1.807) is 23.3 Å². The summed E-state index contributed by atoms with van der Waals surface area (Å²) >= 11 is 1.55. The van der Waals surface area contributed by atoms with Crippen molar-refractivity contribution < 1.29 is 4.79 Å². The Morgan fingerprint density at radius 3 is 2.36 bits per heavy atom. The first-order valence-electron chi connectivity index (χ1n) is 8.23. The number of benzene rings is 2. The van der Waals surface area contributed by atoms with Crippen LogP contribution in [0.3, 0.4) is 0 Å². The number of aromatic nitrogens is 1. The van der Waals surface area contributed by atoms with Gasteiger partial charge < -0.3 is 4.90 Å². The molecule has 0 unspecified atom stereocenters. The van der Waals surface area contributed by atoms with Crippen molar-refractivity contribution in [3.63, 3.8) is 0 Å². The fourth-order valence-corrected chi connectivity index (χ4v) is 3.63. The van der Waals surface area contributed by atoms with Gasteiger partial charge in [-0.05, 0) is 31.4 Å². The molecule has 0 aliphatic carbocycles. The lowest BCUT2D eigenvalue weighted by Gasteiger charge is -2.24. The van der Waals surface area contributed by atoms with E-state index in [1.807, 2.05) is 55.5 Å². The molecule has 3 rings (SSSR count). The maximum atomic E-state index is 13.0. The number of carbonyl (C=O) groups is 1. The van der Waals surface area contributed by atoms with Gasteiger partial charge in [-0.15, -0.1) is 11.3 Å². The van der Waals surface area contributed by atoms with Crippen molar-refractivity contribution in [3.8, 4) is 10.4 Å². The molecule has 1 amide bonds. The summed E-state index contributed by atoms with van der Waals surface area (Å²) in [7, 11) is 1.80. The first-order chi connectivity index (χ1) is 12.1. The normalized spacial score (nSPS) is 12.0. The Kier molecular flexibility index (Phi) is 5.29. The average molecular weight is 349 g/mol. The molecule has 0 fully saturated rings. The Balaban J connectivity index is 1.83. The molecule has 1 radical (unpaired) electrons. The van der Waals surface area contributed by atoms with Gasteiger partial charge in [0, 0.05) is 13.1 Å². The topological polar surface area (TPSA) is 33.2 Å². The van der Waals surface area contributed by atoms with Gasteiger partial charge in [0.05, 0.1) is 9.88 Å². The first kappa shape index (κ1) is 17.4. The highest BCUT2D eigenvalue weighted by Crippen LogP contribution is 2.31. The Morgan fingerprint density at radius 1 is 1.12 bits per heavy atom. The standard InChI is InChI=1S/C21H21N2OS/c1-15(14-17-10-6-4-7-11-17)23(3)21(24)19-20(25-16(2)22-19)18-12-8-5-9-13-18/h4-13,15H,1,14H2,2-3H3/t15-/m1/s1. The summed E-state index contributed by atoms with van der Waals surface area (Å²) in [4.78, 5) is 20.1. The number of nitrogens with zero attached hydrogens (tertiary/aromatic N) is 2. The third kappa shape index (κ3) is 3.97. The summed E-state index contributed by atoms with van der Waals surface area (Å²) in [6, 6.07) is 19.9. The van der Waals surface area contributed by atoms with Crippen LogP contribution in [0.4, 0.5) is 0 Å². The van der Waals surface area contributed by atoms with Crippen LogP contribution in [0.25, 0.3) is 10.4 Å². The summed E-state index contributed by atoms with van der Waals surface area (Å²) in [5.41, 5.74) is 2.70. The zero-order valence-corrected chi connectivity index (χ0v) is 15.3. The molecule has 127 valence electrons. The Labute approximate surface area is 153 Å². The molecule has 0 bridgehead atoms. The lowest BCUT2D eigenvalue weighted by atomic mass is 10.1. The van der Waals surface area contributed by atoms with Gasteiger partial charge in [0.2, 0.25) is 0 Å². The quantitative estimate of drug-likeness (QED) is 0.672. The summed E-state index contributed by atoms with van der Waals surface area (Å²) in [6.07, 6.45) is 0.715. The van der Waals surface area contributed by atoms with Gasteiger partial charge in [-0.25, -0.2) is 4.98 Å². The summed E-state index contributed by atoms with van der Waals surface area (Å²) in [6.45, 7) is 6.10. The monoisotopic (exact) mass is 349 g/mol. The SMILES string of the molecule is [CH2][C@H](Cc1ccccc1)N(C)C(=O)c1nc(C)sc1-c1ccccc1. The highest BCUT2D eigenvalue weighted by Gasteiger charge is 2.24. The van der Waals surface area contributed by atoms with E-state index in [-0.39, 0.29) is 11.9 Å². The molecule has 3 aromatic rings. The van der Waals surface area contributed by atoms with E-state index in [0.29, 0.717) is 12.1 Å². The highest BCUT2D eigenvalue weighted by molar-refractivity contribution is 7.15. The molecule has 1 atom stereocenters. The lowest BCUT2D eigenvalue weighted by molar-refractivity contribution is 0.0754. The molecule has 0 saturated heterocycles. The van der Waals surface area contributed by atoms with E-state index in [0.717, 1.165) is 15.4 Å². The predicted molar refractivity (Wildman–Crippen MR) is 104 cm³/mol. The molecular formula is C21H21N2OS. The largest absolute Gasteiger partial charge is 0.337 e. The molecular weight excluding hydrogens is 328 g/mol. The number of thiazole rings is 1. The molecule has 0 N–H and O–H groups in total. The van der Waals surface area contributed by atoms with Crippen LogP contribution in [0.1, 0.15) is 21.1 Å². The summed E-state index contributed by atoms with van der Waals surface area (Å²) in [5.74, 6) is -0.0841.